The van der Waals surface area contributed by atoms with Crippen molar-refractivity contribution in [2.45, 2.75) is 17.7 Å². The van der Waals surface area contributed by atoms with Gasteiger partial charge in [0.2, 0.25) is 0 Å². The number of nitrogens with one attached hydrogen (secondary N) is 1. The fourth-order valence-electron chi connectivity index (χ4n) is 2.61. The van der Waals surface area contributed by atoms with Gasteiger partial charge in [0.05, 0.1) is 5.38 Å². The molecule has 1 aliphatic carbocycles. The Labute approximate surface area is 121 Å². The molecule has 1 aromatic carbocycles. The number of phenolic OH excluding ortho intramolecular Hbond substituents is 2. The summed E-state index contributed by atoms with van der Waals surface area (Å²) in [6, 6.07) is 3.13. The number of benzene rings is 1. The van der Waals surface area contributed by atoms with Crippen molar-refractivity contribution in [3.05, 3.63) is 40.5 Å². The molecular weight excluding hydrogens is 285 g/mol. The number of fused-ring (bicyclic) bond motifs is 1. The first kappa shape index (κ1) is 12.7. The highest BCUT2D eigenvalue weighted by molar-refractivity contribution is 6.31. The fourth-order valence-corrected chi connectivity index (χ4v) is 3.30. The highest BCUT2D eigenvalue weighted by Gasteiger charge is 2.28. The number of anilines is 1. The second-order valence-corrected chi connectivity index (χ2v) is 5.89. The molecule has 2 atom stereocenters. The molecule has 19 heavy (non-hydrogen) atoms. The molecule has 2 aliphatic rings. The number of aromatic hydroxyl groups is 2. The van der Waals surface area contributed by atoms with Crippen molar-refractivity contribution >= 4 is 28.9 Å². The standard InChI is InChI=1S/C14H13Cl2NO2/c15-8-1-7(2-9(16)3-8)11-6-17-12-5-14(19)13(18)4-10(11)12/h1-2,4-5,8,11,17-19H,3,6H2. The Kier molecular flexibility index (Phi) is 3.11. The molecule has 0 aromatic heterocycles. The summed E-state index contributed by atoms with van der Waals surface area (Å²) in [5.41, 5.74) is 2.84. The van der Waals surface area contributed by atoms with Crippen molar-refractivity contribution in [1.29, 1.82) is 0 Å². The number of halogens is 2. The maximum absolute atomic E-state index is 9.64. The van der Waals surface area contributed by atoms with E-state index in [1.165, 1.54) is 6.07 Å². The van der Waals surface area contributed by atoms with E-state index in [9.17, 15) is 10.2 Å². The summed E-state index contributed by atoms with van der Waals surface area (Å²) >= 11 is 12.3. The second-order valence-electron chi connectivity index (χ2n) is 4.84. The van der Waals surface area contributed by atoms with E-state index in [2.05, 4.69) is 5.32 Å². The normalized spacial score (nSPS) is 25.4. The highest BCUT2D eigenvalue weighted by Crippen LogP contribution is 2.44. The van der Waals surface area contributed by atoms with Gasteiger partial charge in [-0.2, -0.15) is 0 Å². The van der Waals surface area contributed by atoms with Gasteiger partial charge < -0.3 is 15.5 Å². The van der Waals surface area contributed by atoms with Crippen LogP contribution in [0.25, 0.3) is 0 Å². The number of hydrogen-bond donors (Lipinski definition) is 3. The Bertz CT molecular complexity index is 595. The third-order valence-electron chi connectivity index (χ3n) is 3.51. The van der Waals surface area contributed by atoms with Gasteiger partial charge in [0.1, 0.15) is 0 Å². The molecule has 5 heteroatoms. The third kappa shape index (κ3) is 2.28. The van der Waals surface area contributed by atoms with Gasteiger partial charge in [-0.05, 0) is 23.3 Å². The molecule has 100 valence electrons. The number of alkyl halides is 1. The maximum Gasteiger partial charge on any atom is 0.159 e. The SMILES string of the molecule is Oc1cc2c(cc1O)C(C1=CC(Cl)CC(Cl)=C1)CN2. The molecule has 3 nitrogen and oxygen atoms in total. The summed E-state index contributed by atoms with van der Waals surface area (Å²) in [6.45, 7) is 0.703. The Morgan fingerprint density at radius 3 is 2.68 bits per heavy atom. The predicted octanol–water partition coefficient (Wildman–Crippen LogP) is 3.67. The smallest absolute Gasteiger partial charge is 0.159 e. The monoisotopic (exact) mass is 297 g/mol. The Morgan fingerprint density at radius 2 is 1.95 bits per heavy atom. The summed E-state index contributed by atoms with van der Waals surface area (Å²) in [4.78, 5) is 0. The molecule has 0 saturated carbocycles. The lowest BCUT2D eigenvalue weighted by Crippen LogP contribution is -2.10. The topological polar surface area (TPSA) is 52.5 Å². The van der Waals surface area contributed by atoms with E-state index in [-0.39, 0.29) is 22.8 Å². The average molecular weight is 298 g/mol. The molecule has 0 radical (unpaired) electrons. The number of rotatable bonds is 1. The largest absolute Gasteiger partial charge is 0.504 e. The van der Waals surface area contributed by atoms with Gasteiger partial charge in [-0.3, -0.25) is 0 Å². The third-order valence-corrected chi connectivity index (χ3v) is 4.05. The van der Waals surface area contributed by atoms with Gasteiger partial charge in [-0.15, -0.1) is 11.6 Å². The molecule has 0 fully saturated rings. The lowest BCUT2D eigenvalue weighted by atomic mass is 9.89. The molecular formula is C14H13Cl2NO2. The van der Waals surface area contributed by atoms with Crippen LogP contribution in [0.4, 0.5) is 5.69 Å². The van der Waals surface area contributed by atoms with Crippen LogP contribution in [0.1, 0.15) is 17.9 Å². The molecule has 3 rings (SSSR count). The fraction of sp³-hybridized carbons (Fsp3) is 0.286. The lowest BCUT2D eigenvalue weighted by Gasteiger charge is -2.19. The zero-order valence-electron chi connectivity index (χ0n) is 10.0. The minimum absolute atomic E-state index is 0.0943. The molecule has 1 heterocycles. The van der Waals surface area contributed by atoms with Crippen molar-refractivity contribution in [1.82, 2.24) is 0 Å². The van der Waals surface area contributed by atoms with Crippen molar-refractivity contribution < 1.29 is 10.2 Å². The van der Waals surface area contributed by atoms with Crippen LogP contribution >= 0.6 is 23.2 Å². The molecule has 0 bridgehead atoms. The molecule has 0 spiro atoms. The molecule has 2 unspecified atom stereocenters. The van der Waals surface area contributed by atoms with Crippen LogP contribution in [0, 0.1) is 0 Å². The van der Waals surface area contributed by atoms with Crippen molar-refractivity contribution in [2.24, 2.45) is 0 Å². The molecule has 0 amide bonds. The van der Waals surface area contributed by atoms with Gasteiger partial charge in [-0.25, -0.2) is 0 Å². The van der Waals surface area contributed by atoms with Crippen molar-refractivity contribution in [2.75, 3.05) is 11.9 Å². The maximum atomic E-state index is 9.64. The van der Waals surface area contributed by atoms with Crippen molar-refractivity contribution in [3.63, 3.8) is 0 Å². The number of hydrogen-bond acceptors (Lipinski definition) is 3. The number of phenols is 2. The minimum atomic E-state index is -0.117. The first-order valence-electron chi connectivity index (χ1n) is 6.06. The summed E-state index contributed by atoms with van der Waals surface area (Å²) in [6.07, 6.45) is 4.59. The van der Waals surface area contributed by atoms with Crippen LogP contribution in [0.15, 0.2) is 34.9 Å². The summed E-state index contributed by atoms with van der Waals surface area (Å²) < 4.78 is 0. The Morgan fingerprint density at radius 1 is 1.21 bits per heavy atom. The zero-order valence-corrected chi connectivity index (χ0v) is 11.5. The van der Waals surface area contributed by atoms with E-state index in [1.54, 1.807) is 6.07 Å². The summed E-state index contributed by atoms with van der Waals surface area (Å²) in [7, 11) is 0. The number of allylic oxidation sites excluding steroid dienone is 3. The van der Waals surface area contributed by atoms with E-state index in [0.717, 1.165) is 21.9 Å². The quantitative estimate of drug-likeness (QED) is 0.421. The van der Waals surface area contributed by atoms with Crippen LogP contribution < -0.4 is 5.32 Å². The Balaban J connectivity index is 2.01. The van der Waals surface area contributed by atoms with Gasteiger partial charge in [0.15, 0.2) is 11.5 Å². The van der Waals surface area contributed by atoms with Crippen molar-refractivity contribution in [3.8, 4) is 11.5 Å². The van der Waals surface area contributed by atoms with Crippen LogP contribution in [-0.2, 0) is 0 Å². The summed E-state index contributed by atoms with van der Waals surface area (Å²) in [5, 5.41) is 23.0. The van der Waals surface area contributed by atoms with E-state index in [1.807, 2.05) is 12.2 Å². The first-order chi connectivity index (χ1) is 9.04. The Hall–Kier alpha value is -1.32. The van der Waals surface area contributed by atoms with Crippen LogP contribution in [0.2, 0.25) is 0 Å². The van der Waals surface area contributed by atoms with Gasteiger partial charge in [0.25, 0.3) is 0 Å². The van der Waals surface area contributed by atoms with Crippen LogP contribution in [0.5, 0.6) is 11.5 Å². The molecule has 1 aliphatic heterocycles. The van der Waals surface area contributed by atoms with Crippen LogP contribution in [-0.4, -0.2) is 22.1 Å². The van der Waals surface area contributed by atoms with E-state index in [0.29, 0.717) is 13.0 Å². The van der Waals surface area contributed by atoms with Gasteiger partial charge in [-0.1, -0.05) is 17.7 Å². The van der Waals surface area contributed by atoms with E-state index < -0.39 is 0 Å². The predicted molar refractivity (Wildman–Crippen MR) is 77.3 cm³/mol. The van der Waals surface area contributed by atoms with Gasteiger partial charge >= 0.3 is 0 Å². The molecule has 1 aromatic rings. The van der Waals surface area contributed by atoms with Crippen LogP contribution in [0.3, 0.4) is 0 Å². The second kappa shape index (κ2) is 4.66. The first-order valence-corrected chi connectivity index (χ1v) is 6.87. The average Bonchev–Trinajstić information content (AvgIpc) is 2.71. The van der Waals surface area contributed by atoms with Gasteiger partial charge in [0, 0.05) is 35.7 Å². The van der Waals surface area contributed by atoms with E-state index >= 15 is 0 Å². The highest BCUT2D eigenvalue weighted by atomic mass is 35.5. The lowest BCUT2D eigenvalue weighted by molar-refractivity contribution is 0.403. The minimum Gasteiger partial charge on any atom is -0.504 e. The van der Waals surface area contributed by atoms with E-state index in [4.69, 9.17) is 23.2 Å². The molecule has 3 N–H and O–H groups in total. The summed E-state index contributed by atoms with van der Waals surface area (Å²) in [5.74, 6) is -0.133. The molecule has 0 saturated heterocycles. The zero-order chi connectivity index (χ0) is 13.6.